The highest BCUT2D eigenvalue weighted by atomic mass is 16.7. The van der Waals surface area contributed by atoms with Crippen LogP contribution >= 0.6 is 0 Å². The van der Waals surface area contributed by atoms with Crippen molar-refractivity contribution in [1.82, 2.24) is 14.7 Å². The van der Waals surface area contributed by atoms with Crippen LogP contribution < -0.4 is 4.74 Å². The summed E-state index contributed by atoms with van der Waals surface area (Å²) in [5.41, 5.74) is 3.68. The van der Waals surface area contributed by atoms with Crippen molar-refractivity contribution in [2.24, 2.45) is 11.8 Å². The molecule has 2 amide bonds. The molecule has 47 heavy (non-hydrogen) atoms. The third-order valence-electron chi connectivity index (χ3n) is 10.4. The first-order valence-corrected chi connectivity index (χ1v) is 17.1. The number of hydrogen-bond acceptors (Lipinski definition) is 6. The molecule has 0 saturated carbocycles. The van der Waals surface area contributed by atoms with Gasteiger partial charge in [-0.3, -0.25) is 9.69 Å². The molecule has 1 unspecified atom stereocenters. The highest BCUT2D eigenvalue weighted by Crippen LogP contribution is 2.39. The molecule has 0 aliphatic carbocycles. The number of likely N-dealkylation sites (tertiary alicyclic amines) is 1. The fourth-order valence-corrected chi connectivity index (χ4v) is 7.82. The lowest BCUT2D eigenvalue weighted by Gasteiger charge is -2.50. The van der Waals surface area contributed by atoms with Gasteiger partial charge in [-0.2, -0.15) is 0 Å². The van der Waals surface area contributed by atoms with Crippen LogP contribution in [0.5, 0.6) is 5.75 Å². The van der Waals surface area contributed by atoms with Gasteiger partial charge in [0.1, 0.15) is 5.75 Å². The maximum absolute atomic E-state index is 13.2. The van der Waals surface area contributed by atoms with Crippen LogP contribution in [0.25, 0.3) is 0 Å². The second-order valence-corrected chi connectivity index (χ2v) is 13.4. The van der Waals surface area contributed by atoms with Crippen molar-refractivity contribution in [3.05, 3.63) is 101 Å². The van der Waals surface area contributed by atoms with Crippen LogP contribution in [0.4, 0.5) is 4.79 Å². The molecule has 5 heterocycles. The molecule has 5 saturated heterocycles. The smallest absolute Gasteiger partial charge is 0.408 e. The Morgan fingerprint density at radius 3 is 2.21 bits per heavy atom. The fraction of sp³-hybridized carbons (Fsp3) is 0.474. The van der Waals surface area contributed by atoms with Crippen LogP contribution in [0.2, 0.25) is 0 Å². The molecule has 3 aromatic carbocycles. The SMILES string of the molecule is O=C(c1ccc(CC2OCCO2)cc1)N1CCC(COc2cccc(C(c3ccccc3)N(C(=O)O)[C@H]3CN4CCC3CC4)c2)CC1. The molecule has 0 aromatic heterocycles. The molecule has 248 valence electrons. The number of carbonyl (C=O) groups excluding carboxylic acids is 1. The summed E-state index contributed by atoms with van der Waals surface area (Å²) in [5.74, 6) is 1.53. The van der Waals surface area contributed by atoms with Crippen LogP contribution in [-0.2, 0) is 15.9 Å². The fourth-order valence-electron chi connectivity index (χ4n) is 7.82. The van der Waals surface area contributed by atoms with E-state index in [0.717, 1.165) is 67.8 Å². The molecule has 0 radical (unpaired) electrons. The minimum absolute atomic E-state index is 0.0447. The number of rotatable bonds is 10. The number of carbonyl (C=O) groups is 2. The lowest BCUT2D eigenvalue weighted by atomic mass is 9.81. The quantitative estimate of drug-likeness (QED) is 0.305. The second-order valence-electron chi connectivity index (χ2n) is 13.4. The molecular weight excluding hydrogens is 594 g/mol. The number of amides is 2. The van der Waals surface area contributed by atoms with Gasteiger partial charge in [0.2, 0.25) is 0 Å². The van der Waals surface area contributed by atoms with Crippen LogP contribution in [0.3, 0.4) is 0 Å². The lowest BCUT2D eigenvalue weighted by Crippen LogP contribution is -2.59. The molecule has 9 heteroatoms. The predicted octanol–water partition coefficient (Wildman–Crippen LogP) is 5.70. The summed E-state index contributed by atoms with van der Waals surface area (Å²) in [4.78, 5) is 32.2. The zero-order valence-electron chi connectivity index (χ0n) is 26.9. The average molecular weight is 640 g/mol. The van der Waals surface area contributed by atoms with Crippen LogP contribution in [0, 0.1) is 11.8 Å². The van der Waals surface area contributed by atoms with Crippen LogP contribution in [0.1, 0.15) is 58.8 Å². The van der Waals surface area contributed by atoms with Crippen molar-refractivity contribution in [2.75, 3.05) is 52.5 Å². The molecule has 2 atom stereocenters. The molecular formula is C38H45N3O6. The van der Waals surface area contributed by atoms with Crippen molar-refractivity contribution in [2.45, 2.75) is 50.5 Å². The van der Waals surface area contributed by atoms with Gasteiger partial charge in [-0.25, -0.2) is 4.79 Å². The third kappa shape index (κ3) is 7.32. The van der Waals surface area contributed by atoms with E-state index in [1.54, 1.807) is 4.90 Å². The molecule has 5 aliphatic heterocycles. The number of carboxylic acid groups (broad SMARTS) is 1. The first-order chi connectivity index (χ1) is 23.0. The number of ether oxygens (including phenoxy) is 3. The number of piperidine rings is 4. The number of benzene rings is 3. The van der Waals surface area contributed by atoms with E-state index in [4.69, 9.17) is 14.2 Å². The summed E-state index contributed by atoms with van der Waals surface area (Å²) in [6.45, 7) is 6.12. The molecule has 9 nitrogen and oxygen atoms in total. The van der Waals surface area contributed by atoms with Crippen molar-refractivity contribution in [3.8, 4) is 5.75 Å². The van der Waals surface area contributed by atoms with E-state index in [-0.39, 0.29) is 18.2 Å². The molecule has 8 rings (SSSR count). The number of nitrogens with zero attached hydrogens (tertiary/aromatic N) is 3. The first-order valence-electron chi connectivity index (χ1n) is 17.1. The minimum Gasteiger partial charge on any atom is -0.493 e. The Bertz CT molecular complexity index is 1500. The summed E-state index contributed by atoms with van der Waals surface area (Å²) in [6, 6.07) is 25.3. The highest BCUT2D eigenvalue weighted by Gasteiger charge is 2.43. The number of hydrogen-bond donors (Lipinski definition) is 1. The first kappa shape index (κ1) is 31.7. The monoisotopic (exact) mass is 639 g/mol. The van der Waals surface area contributed by atoms with Crippen LogP contribution in [0.15, 0.2) is 78.9 Å². The van der Waals surface area contributed by atoms with Crippen molar-refractivity contribution >= 4 is 12.0 Å². The standard InChI is InChI=1S/C38H45N3O6/c42-37(31-11-9-27(10-12-31)23-35-45-21-22-46-35)40-19-13-28(14-20-40)26-47-33-8-4-7-32(24-33)36(30-5-2-1-3-6-30)41(38(43)44)34-25-39-17-15-29(34)16-18-39/h1-12,24,28-29,34-36H,13-23,25-26H2,(H,43,44)/t34-,36?/m0/s1. The third-order valence-corrected chi connectivity index (χ3v) is 10.4. The molecule has 5 fully saturated rings. The van der Waals surface area contributed by atoms with Gasteiger partial charge in [0.25, 0.3) is 5.91 Å². The van der Waals surface area contributed by atoms with E-state index in [9.17, 15) is 14.7 Å². The molecule has 3 aromatic rings. The van der Waals surface area contributed by atoms with Gasteiger partial charge in [-0.05, 0) is 91.6 Å². The second kappa shape index (κ2) is 14.5. The van der Waals surface area contributed by atoms with E-state index in [2.05, 4.69) is 4.90 Å². The summed E-state index contributed by atoms with van der Waals surface area (Å²) in [5, 5.41) is 10.6. The molecule has 2 bridgehead atoms. The Morgan fingerprint density at radius 2 is 1.55 bits per heavy atom. The molecule has 1 N–H and O–H groups in total. The van der Waals surface area contributed by atoms with E-state index >= 15 is 0 Å². The Kier molecular flexibility index (Phi) is 9.74. The van der Waals surface area contributed by atoms with Gasteiger partial charge in [0.15, 0.2) is 6.29 Å². The largest absolute Gasteiger partial charge is 0.493 e. The maximum Gasteiger partial charge on any atom is 0.408 e. The normalized spacial score (nSPS) is 23.8. The van der Waals surface area contributed by atoms with Gasteiger partial charge in [-0.15, -0.1) is 0 Å². The van der Waals surface area contributed by atoms with Crippen LogP contribution in [-0.4, -0.2) is 96.7 Å². The summed E-state index contributed by atoms with van der Waals surface area (Å²) < 4.78 is 17.4. The predicted molar refractivity (Wildman–Crippen MR) is 178 cm³/mol. The zero-order chi connectivity index (χ0) is 32.2. The van der Waals surface area contributed by atoms with Crippen molar-refractivity contribution < 1.29 is 28.9 Å². The van der Waals surface area contributed by atoms with E-state index in [1.807, 2.05) is 83.8 Å². The van der Waals surface area contributed by atoms with Crippen molar-refractivity contribution in [1.29, 1.82) is 0 Å². The lowest BCUT2D eigenvalue weighted by molar-refractivity contribution is -0.0400. The highest BCUT2D eigenvalue weighted by molar-refractivity contribution is 5.94. The van der Waals surface area contributed by atoms with E-state index < -0.39 is 12.1 Å². The van der Waals surface area contributed by atoms with Gasteiger partial charge in [-0.1, -0.05) is 54.6 Å². The van der Waals surface area contributed by atoms with Crippen molar-refractivity contribution in [3.63, 3.8) is 0 Å². The summed E-state index contributed by atoms with van der Waals surface area (Å²) in [7, 11) is 0. The summed E-state index contributed by atoms with van der Waals surface area (Å²) in [6.07, 6.45) is 3.45. The summed E-state index contributed by atoms with van der Waals surface area (Å²) >= 11 is 0. The maximum atomic E-state index is 13.2. The zero-order valence-corrected chi connectivity index (χ0v) is 26.9. The molecule has 0 spiro atoms. The van der Waals surface area contributed by atoms with Gasteiger partial charge in [0.05, 0.1) is 31.9 Å². The van der Waals surface area contributed by atoms with E-state index in [0.29, 0.717) is 56.7 Å². The Morgan fingerprint density at radius 1 is 0.851 bits per heavy atom. The Hall–Kier alpha value is -3.92. The minimum atomic E-state index is -0.880. The topological polar surface area (TPSA) is 91.8 Å². The Balaban J connectivity index is 0.978. The van der Waals surface area contributed by atoms with Gasteiger partial charge < -0.3 is 29.1 Å². The van der Waals surface area contributed by atoms with E-state index in [1.165, 1.54) is 0 Å². The average Bonchev–Trinajstić information content (AvgIpc) is 3.64. The number of fused-ring (bicyclic) bond motifs is 3. The Labute approximate surface area is 277 Å². The van der Waals surface area contributed by atoms with Gasteiger partial charge in [0, 0.05) is 31.6 Å². The van der Waals surface area contributed by atoms with Gasteiger partial charge >= 0.3 is 6.09 Å². The molecule has 5 aliphatic rings.